The quantitative estimate of drug-likeness (QED) is 0.751. The summed E-state index contributed by atoms with van der Waals surface area (Å²) >= 11 is 1.68. The van der Waals surface area contributed by atoms with Crippen LogP contribution in [0.5, 0.6) is 0 Å². The van der Waals surface area contributed by atoms with Gasteiger partial charge < -0.3 is 14.6 Å². The summed E-state index contributed by atoms with van der Waals surface area (Å²) in [5, 5.41) is 4.21. The Hall–Kier alpha value is -2.51. The number of anilines is 1. The van der Waals surface area contributed by atoms with E-state index in [1.165, 1.54) is 5.56 Å². The number of rotatable bonds is 3. The molecule has 3 aromatic heterocycles. The molecular weight excluding hydrogens is 360 g/mol. The third-order valence-corrected chi connectivity index (χ3v) is 5.62. The van der Waals surface area contributed by atoms with Gasteiger partial charge in [-0.25, -0.2) is 9.97 Å². The Morgan fingerprint density at radius 1 is 1.26 bits per heavy atom. The van der Waals surface area contributed by atoms with Crippen LogP contribution in [0.2, 0.25) is 0 Å². The number of H-pyrrole nitrogens is 1. The molecule has 2 atom stereocenters. The fourth-order valence-electron chi connectivity index (χ4n) is 3.28. The van der Waals surface area contributed by atoms with Gasteiger partial charge in [-0.15, -0.1) is 0 Å². The Morgan fingerprint density at radius 2 is 2.11 bits per heavy atom. The lowest BCUT2D eigenvalue weighted by atomic mass is 10.1. The van der Waals surface area contributed by atoms with E-state index < -0.39 is 0 Å². The summed E-state index contributed by atoms with van der Waals surface area (Å²) in [6.07, 6.45) is 1.95. The topological polar surface area (TPSA) is 71.1 Å². The molecule has 3 aromatic rings. The number of nitrogens with one attached hydrogen (secondary N) is 1. The Morgan fingerprint density at radius 3 is 2.78 bits per heavy atom. The molecule has 0 radical (unpaired) electrons. The van der Waals surface area contributed by atoms with E-state index in [0.717, 1.165) is 30.2 Å². The van der Waals surface area contributed by atoms with E-state index in [0.29, 0.717) is 11.4 Å². The fourth-order valence-corrected chi connectivity index (χ4v) is 3.98. The second-order valence-corrected chi connectivity index (χ2v) is 7.71. The first-order chi connectivity index (χ1) is 13.0. The van der Waals surface area contributed by atoms with Crippen molar-refractivity contribution in [3.05, 3.63) is 62.3 Å². The van der Waals surface area contributed by atoms with Crippen molar-refractivity contribution in [1.82, 2.24) is 15.0 Å². The van der Waals surface area contributed by atoms with Crippen LogP contribution in [0, 0.1) is 13.8 Å². The average Bonchev–Trinajstić information content (AvgIpc) is 3.20. The molecule has 1 saturated heterocycles. The second kappa shape index (κ2) is 7.25. The lowest BCUT2D eigenvalue weighted by Gasteiger charge is -2.37. The van der Waals surface area contributed by atoms with E-state index >= 15 is 0 Å². The van der Waals surface area contributed by atoms with Crippen LogP contribution in [0.4, 0.5) is 5.82 Å². The summed E-state index contributed by atoms with van der Waals surface area (Å²) in [4.78, 5) is 26.2. The van der Waals surface area contributed by atoms with Crippen LogP contribution in [0.3, 0.4) is 0 Å². The monoisotopic (exact) mass is 382 g/mol. The van der Waals surface area contributed by atoms with Crippen LogP contribution in [0.25, 0.3) is 11.4 Å². The maximum Gasteiger partial charge on any atom is 0.254 e. The molecule has 7 heteroatoms. The van der Waals surface area contributed by atoms with Gasteiger partial charge in [0.25, 0.3) is 5.56 Å². The molecule has 6 nitrogen and oxygen atoms in total. The van der Waals surface area contributed by atoms with Crippen molar-refractivity contribution >= 4 is 17.2 Å². The third kappa shape index (κ3) is 3.65. The van der Waals surface area contributed by atoms with Gasteiger partial charge in [0, 0.05) is 36.1 Å². The molecule has 0 aromatic carbocycles. The van der Waals surface area contributed by atoms with Crippen molar-refractivity contribution in [3.63, 3.8) is 0 Å². The van der Waals surface area contributed by atoms with Crippen LogP contribution < -0.4 is 10.5 Å². The summed E-state index contributed by atoms with van der Waals surface area (Å²) in [5.74, 6) is 1.45. The molecular formula is C20H22N4O2S. The number of hydrogen-bond acceptors (Lipinski definition) is 6. The highest BCUT2D eigenvalue weighted by Crippen LogP contribution is 2.29. The van der Waals surface area contributed by atoms with Gasteiger partial charge >= 0.3 is 0 Å². The summed E-state index contributed by atoms with van der Waals surface area (Å²) in [6.45, 7) is 7.27. The lowest BCUT2D eigenvalue weighted by Crippen LogP contribution is -2.43. The van der Waals surface area contributed by atoms with E-state index in [2.05, 4.69) is 43.6 Å². The zero-order valence-corrected chi connectivity index (χ0v) is 16.4. The van der Waals surface area contributed by atoms with E-state index in [4.69, 9.17) is 4.74 Å². The van der Waals surface area contributed by atoms with E-state index in [-0.39, 0.29) is 17.8 Å². The number of ether oxygens (including phenoxy) is 1. The predicted octanol–water partition coefficient (Wildman–Crippen LogP) is 3.48. The van der Waals surface area contributed by atoms with E-state index in [1.807, 2.05) is 19.1 Å². The van der Waals surface area contributed by atoms with Crippen LogP contribution in [-0.2, 0) is 4.74 Å². The molecule has 140 valence electrons. The molecule has 2 unspecified atom stereocenters. The number of aryl methyl sites for hydroxylation is 1. The third-order valence-electron chi connectivity index (χ3n) is 4.92. The first-order valence-electron chi connectivity index (χ1n) is 8.97. The van der Waals surface area contributed by atoms with Gasteiger partial charge in [0.05, 0.1) is 6.10 Å². The number of hydrogen-bond donors (Lipinski definition) is 1. The minimum atomic E-state index is -0.109. The average molecular weight is 382 g/mol. The highest BCUT2D eigenvalue weighted by Gasteiger charge is 2.27. The Balaban J connectivity index is 1.57. The van der Waals surface area contributed by atoms with Gasteiger partial charge in [0.2, 0.25) is 0 Å². The zero-order valence-electron chi connectivity index (χ0n) is 15.6. The van der Waals surface area contributed by atoms with Gasteiger partial charge in [-0.1, -0.05) is 0 Å². The van der Waals surface area contributed by atoms with Crippen molar-refractivity contribution in [3.8, 4) is 11.4 Å². The van der Waals surface area contributed by atoms with Crippen molar-refractivity contribution < 1.29 is 4.74 Å². The molecule has 1 N–H and O–H groups in total. The molecule has 4 rings (SSSR count). The zero-order chi connectivity index (χ0) is 19.0. The number of pyridine rings is 1. The maximum atomic E-state index is 12.0. The minimum Gasteiger partial charge on any atom is -0.367 e. The van der Waals surface area contributed by atoms with Crippen LogP contribution in [0.1, 0.15) is 29.8 Å². The van der Waals surface area contributed by atoms with Crippen molar-refractivity contribution in [2.75, 3.05) is 18.0 Å². The molecule has 4 heterocycles. The standard InChI is InChI=1S/C20H22N4O2S/c1-12-9-24(10-17(26-12)16-6-7-27-11-16)18-5-4-15(8-21-18)19-22-14(3)13(2)20(25)23-19/h4-8,11-12,17H,9-10H2,1-3H3,(H,22,23,25). The maximum absolute atomic E-state index is 12.0. The summed E-state index contributed by atoms with van der Waals surface area (Å²) in [7, 11) is 0. The fraction of sp³-hybridized carbons (Fsp3) is 0.350. The largest absolute Gasteiger partial charge is 0.367 e. The summed E-state index contributed by atoms with van der Waals surface area (Å²) in [5.41, 5.74) is 3.28. The van der Waals surface area contributed by atoms with E-state index in [9.17, 15) is 4.79 Å². The van der Waals surface area contributed by atoms with Gasteiger partial charge in [0.15, 0.2) is 0 Å². The van der Waals surface area contributed by atoms with Gasteiger partial charge in [0.1, 0.15) is 17.7 Å². The molecule has 0 spiro atoms. The van der Waals surface area contributed by atoms with Crippen LogP contribution >= 0.6 is 11.3 Å². The molecule has 0 amide bonds. The number of thiophene rings is 1. The smallest absolute Gasteiger partial charge is 0.254 e. The lowest BCUT2D eigenvalue weighted by molar-refractivity contribution is -0.0173. The molecule has 1 aliphatic heterocycles. The first-order valence-corrected chi connectivity index (χ1v) is 9.92. The molecule has 27 heavy (non-hydrogen) atoms. The van der Waals surface area contributed by atoms with Crippen LogP contribution in [-0.4, -0.2) is 34.1 Å². The number of aromatic nitrogens is 3. The van der Waals surface area contributed by atoms with Crippen molar-refractivity contribution in [2.45, 2.75) is 33.0 Å². The van der Waals surface area contributed by atoms with Gasteiger partial charge in [-0.3, -0.25) is 4.79 Å². The highest BCUT2D eigenvalue weighted by molar-refractivity contribution is 7.07. The number of morpholine rings is 1. The Labute approximate surface area is 161 Å². The summed E-state index contributed by atoms with van der Waals surface area (Å²) in [6, 6.07) is 6.05. The normalized spacial score (nSPS) is 20.0. The molecule has 1 fully saturated rings. The number of nitrogens with zero attached hydrogens (tertiary/aromatic N) is 3. The van der Waals surface area contributed by atoms with Gasteiger partial charge in [-0.2, -0.15) is 11.3 Å². The van der Waals surface area contributed by atoms with E-state index in [1.54, 1.807) is 24.5 Å². The van der Waals surface area contributed by atoms with Crippen LogP contribution in [0.15, 0.2) is 40.0 Å². The highest BCUT2D eigenvalue weighted by atomic mass is 32.1. The number of aromatic amines is 1. The summed E-state index contributed by atoms with van der Waals surface area (Å²) < 4.78 is 6.10. The molecule has 1 aliphatic rings. The van der Waals surface area contributed by atoms with Crippen molar-refractivity contribution in [2.24, 2.45) is 0 Å². The Kier molecular flexibility index (Phi) is 4.80. The SMILES string of the molecule is Cc1nc(-c2ccc(N3CC(C)OC(c4ccsc4)C3)nc2)[nH]c(=O)c1C. The molecule has 0 bridgehead atoms. The molecule has 0 saturated carbocycles. The van der Waals surface area contributed by atoms with Gasteiger partial charge in [-0.05, 0) is 55.3 Å². The molecule has 0 aliphatic carbocycles. The van der Waals surface area contributed by atoms with Crippen molar-refractivity contribution in [1.29, 1.82) is 0 Å². The second-order valence-electron chi connectivity index (χ2n) is 6.93. The first kappa shape index (κ1) is 17.9. The predicted molar refractivity (Wildman–Crippen MR) is 107 cm³/mol. The Bertz CT molecular complexity index is 982. The minimum absolute atomic E-state index is 0.0549.